The minimum atomic E-state index is -0.516. The van der Waals surface area contributed by atoms with E-state index in [0.717, 1.165) is 69.8 Å². The van der Waals surface area contributed by atoms with Crippen molar-refractivity contribution in [2.75, 3.05) is 61.8 Å². The van der Waals surface area contributed by atoms with Crippen LogP contribution in [0, 0.1) is 0 Å². The molecular weight excluding hydrogens is 555 g/mol. The van der Waals surface area contributed by atoms with E-state index >= 15 is 0 Å². The molecule has 2 aromatic rings. The number of hydrogen-bond acceptors (Lipinski definition) is 9. The second-order valence-corrected chi connectivity index (χ2v) is 11.1. The number of carbonyl (C=O) groups excluding carboxylic acids is 2. The molecule has 1 atom stereocenters. The molecule has 1 aromatic carbocycles. The molecule has 2 amide bonds. The van der Waals surface area contributed by atoms with Crippen LogP contribution in [0.3, 0.4) is 0 Å². The first-order valence-corrected chi connectivity index (χ1v) is 14.5. The van der Waals surface area contributed by atoms with Gasteiger partial charge in [0.15, 0.2) is 22.5 Å². The van der Waals surface area contributed by atoms with Crippen molar-refractivity contribution in [1.82, 2.24) is 25.1 Å². The van der Waals surface area contributed by atoms with Crippen molar-refractivity contribution in [2.24, 2.45) is 0 Å². The number of carbonyl (C=O) groups is 2. The molecule has 11 nitrogen and oxygen atoms in total. The molecule has 0 saturated carbocycles. The number of likely N-dealkylation sites (tertiary alicyclic amines) is 1. The second kappa shape index (κ2) is 13.8. The molecule has 0 unspecified atom stereocenters. The summed E-state index contributed by atoms with van der Waals surface area (Å²) in [6.45, 7) is 8.64. The van der Waals surface area contributed by atoms with Gasteiger partial charge in [0.1, 0.15) is 0 Å². The fraction of sp³-hybridized carbons (Fsp3) is 0.556. The molecule has 0 spiro atoms. The monoisotopic (exact) mass is 592 g/mol. The van der Waals surface area contributed by atoms with Crippen molar-refractivity contribution in [2.45, 2.75) is 51.7 Å². The lowest BCUT2D eigenvalue weighted by Crippen LogP contribution is -2.58. The highest BCUT2D eigenvalue weighted by molar-refractivity contribution is 6.32. The van der Waals surface area contributed by atoms with Gasteiger partial charge in [-0.25, -0.2) is 9.97 Å². The van der Waals surface area contributed by atoms with Gasteiger partial charge in [-0.1, -0.05) is 36.2 Å². The van der Waals surface area contributed by atoms with E-state index in [-0.39, 0.29) is 35.7 Å². The number of aliphatic hydroxyl groups is 1. The van der Waals surface area contributed by atoms with Crippen molar-refractivity contribution in [3.8, 4) is 0 Å². The Hall–Kier alpha value is -2.70. The van der Waals surface area contributed by atoms with Crippen LogP contribution in [0.15, 0.2) is 18.2 Å². The van der Waals surface area contributed by atoms with Gasteiger partial charge >= 0.3 is 0 Å². The highest BCUT2D eigenvalue weighted by atomic mass is 35.5. The van der Waals surface area contributed by atoms with Gasteiger partial charge in [-0.05, 0) is 50.0 Å². The van der Waals surface area contributed by atoms with Gasteiger partial charge < -0.3 is 26.4 Å². The van der Waals surface area contributed by atoms with Crippen molar-refractivity contribution < 1.29 is 14.7 Å². The predicted molar refractivity (Wildman–Crippen MR) is 158 cm³/mol. The van der Waals surface area contributed by atoms with Crippen molar-refractivity contribution in [3.05, 3.63) is 39.6 Å². The van der Waals surface area contributed by atoms with Crippen LogP contribution in [0.2, 0.25) is 10.2 Å². The Balaban J connectivity index is 1.36. The summed E-state index contributed by atoms with van der Waals surface area (Å²) in [7, 11) is 0. The van der Waals surface area contributed by atoms with Gasteiger partial charge in [0.25, 0.3) is 5.91 Å². The third-order valence-electron chi connectivity index (χ3n) is 7.58. The number of hydrogen-bond donors (Lipinski definition) is 4. The molecule has 1 aromatic heterocycles. The first kappa shape index (κ1) is 30.3. The largest absolute Gasteiger partial charge is 0.395 e. The van der Waals surface area contributed by atoms with Crippen LogP contribution in [0.4, 0.5) is 17.3 Å². The number of rotatable bonds is 9. The van der Waals surface area contributed by atoms with Gasteiger partial charge in [-0.15, -0.1) is 0 Å². The third-order valence-corrected chi connectivity index (χ3v) is 8.07. The Morgan fingerprint density at radius 1 is 1.15 bits per heavy atom. The number of nitrogens with one attached hydrogen (secondary N) is 2. The molecule has 13 heteroatoms. The topological polar surface area (TPSA) is 140 Å². The third kappa shape index (κ3) is 7.32. The number of nitrogens with zero attached hydrogens (tertiary/aromatic N) is 5. The van der Waals surface area contributed by atoms with E-state index in [9.17, 15) is 9.59 Å². The van der Waals surface area contributed by atoms with Crippen LogP contribution >= 0.6 is 23.2 Å². The second-order valence-electron chi connectivity index (χ2n) is 10.3. The van der Waals surface area contributed by atoms with Crippen LogP contribution in [0.5, 0.6) is 0 Å². The Labute approximate surface area is 245 Å². The number of amides is 2. The standard InChI is InChI=1S/C27H38Cl2N8O3/c1-3-20-16-36(26-24(29)33-23(25(30)34-26)27(40)31-8-13-38)11-12-37(20)21-6-9-35(10-7-21)15-18-4-5-19(28)14-22(18)32-17(2)39/h4-5,14,20-21,38H,3,6-13,15-16H2,1-2H3,(H2,30,34)(H,31,40)(H,32,39)/t20-/m0/s1. The maximum atomic E-state index is 12.3. The fourth-order valence-electron chi connectivity index (χ4n) is 5.59. The average Bonchev–Trinajstić information content (AvgIpc) is 2.94. The highest BCUT2D eigenvalue weighted by Crippen LogP contribution is 2.30. The Bertz CT molecular complexity index is 1210. The number of anilines is 3. The predicted octanol–water partition coefficient (Wildman–Crippen LogP) is 2.61. The zero-order valence-electron chi connectivity index (χ0n) is 23.0. The molecule has 2 aliphatic heterocycles. The molecule has 3 heterocycles. The van der Waals surface area contributed by atoms with Crippen molar-refractivity contribution >= 4 is 52.3 Å². The summed E-state index contributed by atoms with van der Waals surface area (Å²) in [5.41, 5.74) is 7.86. The van der Waals surface area contributed by atoms with Crippen LogP contribution in [0.25, 0.3) is 0 Å². The summed E-state index contributed by atoms with van der Waals surface area (Å²) in [4.78, 5) is 39.7. The molecule has 218 valence electrons. The first-order chi connectivity index (χ1) is 19.2. The SMILES string of the molecule is CC[C@H]1CN(c2nc(N)c(C(=O)NCCO)nc2Cl)CCN1C1CCN(Cc2ccc(Cl)cc2NC(C)=O)CC1. The van der Waals surface area contributed by atoms with E-state index in [4.69, 9.17) is 34.0 Å². The van der Waals surface area contributed by atoms with Gasteiger partial charge in [0, 0.05) is 62.4 Å². The van der Waals surface area contributed by atoms with Gasteiger partial charge in [-0.2, -0.15) is 0 Å². The summed E-state index contributed by atoms with van der Waals surface area (Å²) < 4.78 is 0. The number of halogens is 2. The number of nitrogen functional groups attached to an aromatic ring is 1. The Morgan fingerprint density at radius 2 is 1.90 bits per heavy atom. The van der Waals surface area contributed by atoms with Crippen LogP contribution in [0.1, 0.15) is 49.2 Å². The lowest BCUT2D eigenvalue weighted by atomic mass is 9.97. The van der Waals surface area contributed by atoms with Gasteiger partial charge in [0.2, 0.25) is 5.91 Å². The maximum Gasteiger partial charge on any atom is 0.273 e. The summed E-state index contributed by atoms with van der Waals surface area (Å²) >= 11 is 12.6. The molecule has 0 radical (unpaired) electrons. The zero-order chi connectivity index (χ0) is 28.8. The van der Waals surface area contributed by atoms with Crippen LogP contribution < -0.4 is 21.3 Å². The van der Waals surface area contributed by atoms with E-state index in [1.54, 1.807) is 6.07 Å². The Morgan fingerprint density at radius 3 is 2.58 bits per heavy atom. The van der Waals surface area contributed by atoms with E-state index in [2.05, 4.69) is 42.2 Å². The van der Waals surface area contributed by atoms with E-state index in [0.29, 0.717) is 22.9 Å². The van der Waals surface area contributed by atoms with Crippen molar-refractivity contribution in [3.63, 3.8) is 0 Å². The quantitative estimate of drug-likeness (QED) is 0.346. The number of piperazine rings is 1. The minimum absolute atomic E-state index is 0.0139. The average molecular weight is 594 g/mol. The normalized spacial score (nSPS) is 19.0. The summed E-state index contributed by atoms with van der Waals surface area (Å²) in [6, 6.07) is 6.46. The number of benzene rings is 1. The molecule has 2 aliphatic rings. The first-order valence-electron chi connectivity index (χ1n) is 13.7. The number of nitrogens with two attached hydrogens (primary N) is 1. The lowest BCUT2D eigenvalue weighted by molar-refractivity contribution is -0.114. The molecule has 0 bridgehead atoms. The Kier molecular flexibility index (Phi) is 10.4. The molecule has 0 aliphatic carbocycles. The van der Waals surface area contributed by atoms with Crippen LogP contribution in [-0.2, 0) is 11.3 Å². The summed E-state index contributed by atoms with van der Waals surface area (Å²) in [6.07, 6.45) is 3.10. The van der Waals surface area contributed by atoms with E-state index < -0.39 is 5.91 Å². The highest BCUT2D eigenvalue weighted by Gasteiger charge is 2.34. The fourth-order valence-corrected chi connectivity index (χ4v) is 6.01. The summed E-state index contributed by atoms with van der Waals surface area (Å²) in [5.74, 6) is -0.123. The lowest BCUT2D eigenvalue weighted by Gasteiger charge is -2.47. The van der Waals surface area contributed by atoms with Crippen LogP contribution in [-0.4, -0.2) is 94.6 Å². The van der Waals surface area contributed by atoms with Crippen molar-refractivity contribution in [1.29, 1.82) is 0 Å². The summed E-state index contributed by atoms with van der Waals surface area (Å²) in [5, 5.41) is 15.1. The molecule has 40 heavy (non-hydrogen) atoms. The number of piperidine rings is 1. The van der Waals surface area contributed by atoms with E-state index in [1.165, 1.54) is 6.92 Å². The molecule has 2 fully saturated rings. The molecular formula is C27H38Cl2N8O3. The number of aromatic nitrogens is 2. The molecule has 4 rings (SSSR count). The van der Waals surface area contributed by atoms with Gasteiger partial charge in [-0.3, -0.25) is 19.4 Å². The minimum Gasteiger partial charge on any atom is -0.395 e. The van der Waals surface area contributed by atoms with Gasteiger partial charge in [0.05, 0.1) is 6.61 Å². The number of aliphatic hydroxyl groups excluding tert-OH is 1. The smallest absolute Gasteiger partial charge is 0.273 e. The molecule has 2 saturated heterocycles. The zero-order valence-corrected chi connectivity index (χ0v) is 24.5. The van der Waals surface area contributed by atoms with E-state index in [1.807, 2.05) is 12.1 Å². The maximum absolute atomic E-state index is 12.3. The molecule has 5 N–H and O–H groups in total.